The fourth-order valence-corrected chi connectivity index (χ4v) is 4.19. The molecule has 0 amide bonds. The van der Waals surface area contributed by atoms with Crippen molar-refractivity contribution >= 4 is 29.3 Å². The molecule has 0 aliphatic rings. The second kappa shape index (κ2) is 15.0. The van der Waals surface area contributed by atoms with Crippen molar-refractivity contribution in [1.29, 1.82) is 0 Å². The van der Waals surface area contributed by atoms with Crippen molar-refractivity contribution in [2.75, 3.05) is 13.9 Å². The van der Waals surface area contributed by atoms with E-state index in [0.29, 0.717) is 12.0 Å². The number of carbonyl (C=O) groups excluding carboxylic acids is 3. The maximum absolute atomic E-state index is 14.0. The quantitative estimate of drug-likeness (QED) is 0.125. The van der Waals surface area contributed by atoms with Crippen LogP contribution in [0, 0.1) is 11.7 Å². The third-order valence-electron chi connectivity index (χ3n) is 6.03. The molecule has 0 spiro atoms. The molecule has 11 heteroatoms. The van der Waals surface area contributed by atoms with E-state index in [1.165, 1.54) is 38.4 Å². The number of Topliss-reactive ketones (excluding diaryl/α,β-unsaturated/α-hetero) is 1. The highest BCUT2D eigenvalue weighted by Gasteiger charge is 2.31. The Morgan fingerprint density at radius 2 is 1.80 bits per heavy atom. The molecule has 3 atom stereocenters. The van der Waals surface area contributed by atoms with Crippen molar-refractivity contribution in [2.24, 2.45) is 5.92 Å². The van der Waals surface area contributed by atoms with Crippen molar-refractivity contribution in [3.63, 3.8) is 0 Å². The molecule has 0 aliphatic heterocycles. The van der Waals surface area contributed by atoms with Gasteiger partial charge in [-0.2, -0.15) is 0 Å². The van der Waals surface area contributed by atoms with Crippen LogP contribution >= 0.6 is 11.6 Å². The van der Waals surface area contributed by atoms with E-state index in [0.717, 1.165) is 6.07 Å². The predicted molar refractivity (Wildman–Crippen MR) is 148 cm³/mol. The van der Waals surface area contributed by atoms with E-state index in [1.54, 1.807) is 38.1 Å². The minimum Gasteiger partial charge on any atom is -0.493 e. The fraction of sp³-hybridized carbons (Fsp3) is 0.333. The number of carbonyl (C=O) groups is 3. The van der Waals surface area contributed by atoms with Gasteiger partial charge in [0.2, 0.25) is 6.79 Å². The molecular weight excluding hydrogens is 557 g/mol. The van der Waals surface area contributed by atoms with E-state index in [9.17, 15) is 18.8 Å². The van der Waals surface area contributed by atoms with Crippen LogP contribution < -0.4 is 14.2 Å². The first-order chi connectivity index (χ1) is 19.6. The molecule has 2 aromatic carbocycles. The van der Waals surface area contributed by atoms with Crippen molar-refractivity contribution in [1.82, 2.24) is 4.98 Å². The Bertz CT molecular complexity index is 1330. The van der Waals surface area contributed by atoms with Crippen LogP contribution in [0.1, 0.15) is 55.8 Å². The summed E-state index contributed by atoms with van der Waals surface area (Å²) in [5.74, 6) is -2.72. The van der Waals surface area contributed by atoms with Crippen LogP contribution in [-0.4, -0.2) is 42.7 Å². The average molecular weight is 588 g/mol. The highest BCUT2D eigenvalue weighted by atomic mass is 35.5. The molecule has 0 saturated heterocycles. The van der Waals surface area contributed by atoms with Crippen molar-refractivity contribution in [2.45, 2.75) is 45.8 Å². The Morgan fingerprint density at radius 3 is 2.44 bits per heavy atom. The molecule has 0 bridgehead atoms. The van der Waals surface area contributed by atoms with Gasteiger partial charge in [0.25, 0.3) is 0 Å². The normalized spacial score (nSPS) is 12.9. The Labute approximate surface area is 242 Å². The van der Waals surface area contributed by atoms with Gasteiger partial charge < -0.3 is 23.7 Å². The second-order valence-electron chi connectivity index (χ2n) is 9.02. The third-order valence-corrected chi connectivity index (χ3v) is 6.25. The highest BCUT2D eigenvalue weighted by Crippen LogP contribution is 2.33. The van der Waals surface area contributed by atoms with E-state index in [-0.39, 0.29) is 34.4 Å². The summed E-state index contributed by atoms with van der Waals surface area (Å²) in [5, 5.41) is 0.156. The Hall–Kier alpha value is -4.18. The summed E-state index contributed by atoms with van der Waals surface area (Å²) in [7, 11) is 1.39. The summed E-state index contributed by atoms with van der Waals surface area (Å²) in [5.41, 5.74) is 0.608. The Balaban J connectivity index is 1.77. The first-order valence-corrected chi connectivity index (χ1v) is 13.2. The van der Waals surface area contributed by atoms with E-state index >= 15 is 0 Å². The van der Waals surface area contributed by atoms with E-state index in [1.807, 2.05) is 6.07 Å². The fourth-order valence-electron chi connectivity index (χ4n) is 3.98. The van der Waals surface area contributed by atoms with E-state index < -0.39 is 48.5 Å². The van der Waals surface area contributed by atoms with Gasteiger partial charge in [0.05, 0.1) is 13.0 Å². The number of aromatic nitrogens is 1. The topological polar surface area (TPSA) is 110 Å². The number of nitrogens with zero attached hydrogens (tertiary/aromatic N) is 1. The predicted octanol–water partition coefficient (Wildman–Crippen LogP) is 6.13. The van der Waals surface area contributed by atoms with Crippen LogP contribution in [0.3, 0.4) is 0 Å². The molecule has 1 heterocycles. The summed E-state index contributed by atoms with van der Waals surface area (Å²) in [6.07, 6.45) is -0.197. The molecule has 0 saturated carbocycles. The van der Waals surface area contributed by atoms with Gasteiger partial charge in [0, 0.05) is 36.7 Å². The number of methoxy groups -OCH3 is 1. The zero-order chi connectivity index (χ0) is 29.9. The van der Waals surface area contributed by atoms with Gasteiger partial charge in [-0.25, -0.2) is 9.37 Å². The third kappa shape index (κ3) is 8.91. The number of ether oxygens (including phenoxy) is 5. The zero-order valence-corrected chi connectivity index (χ0v) is 23.9. The second-order valence-corrected chi connectivity index (χ2v) is 9.45. The summed E-state index contributed by atoms with van der Waals surface area (Å²) < 4.78 is 41.3. The lowest BCUT2D eigenvalue weighted by atomic mass is 9.97. The van der Waals surface area contributed by atoms with E-state index in [2.05, 4.69) is 4.98 Å². The molecule has 0 aliphatic carbocycles. The van der Waals surface area contributed by atoms with Crippen molar-refractivity contribution < 1.29 is 42.5 Å². The van der Waals surface area contributed by atoms with Gasteiger partial charge in [0.15, 0.2) is 29.1 Å². The summed E-state index contributed by atoms with van der Waals surface area (Å²) in [6.45, 7) is 4.16. The summed E-state index contributed by atoms with van der Waals surface area (Å²) in [4.78, 5) is 41.8. The SMILES string of the molecule is CC[C@H](CC(=O)c1nccc(OC)c1OCOC(C)=O)C(=O)O[C@@H](C)[C@H](Oc1cc(F)cc(Cl)c1)c1ccccc1. The lowest BCUT2D eigenvalue weighted by Crippen LogP contribution is -2.30. The molecule has 0 radical (unpaired) electrons. The van der Waals surface area contributed by atoms with Gasteiger partial charge >= 0.3 is 11.9 Å². The number of rotatable bonds is 14. The minimum absolute atomic E-state index is 0.0101. The van der Waals surface area contributed by atoms with E-state index in [4.69, 9.17) is 35.3 Å². The van der Waals surface area contributed by atoms with Crippen LogP contribution in [0.15, 0.2) is 60.8 Å². The number of pyridine rings is 1. The molecular formula is C30H31ClFNO8. The molecule has 3 rings (SSSR count). The van der Waals surface area contributed by atoms with Crippen LogP contribution in [0.2, 0.25) is 5.02 Å². The number of ketones is 1. The van der Waals surface area contributed by atoms with Crippen LogP contribution in [0.25, 0.3) is 0 Å². The summed E-state index contributed by atoms with van der Waals surface area (Å²) in [6, 6.07) is 14.3. The number of hydrogen-bond donors (Lipinski definition) is 0. The smallest absolute Gasteiger partial charge is 0.309 e. The number of benzene rings is 2. The highest BCUT2D eigenvalue weighted by molar-refractivity contribution is 6.30. The average Bonchev–Trinajstić information content (AvgIpc) is 2.94. The lowest BCUT2D eigenvalue weighted by molar-refractivity contribution is -0.158. The zero-order valence-electron chi connectivity index (χ0n) is 23.1. The molecule has 9 nitrogen and oxygen atoms in total. The largest absolute Gasteiger partial charge is 0.493 e. The molecule has 0 unspecified atom stereocenters. The molecule has 1 aromatic heterocycles. The minimum atomic E-state index is -0.825. The monoisotopic (exact) mass is 587 g/mol. The number of esters is 2. The number of hydrogen-bond acceptors (Lipinski definition) is 9. The molecule has 41 heavy (non-hydrogen) atoms. The molecule has 0 N–H and O–H groups in total. The number of halogens is 2. The Kier molecular flexibility index (Phi) is 11.5. The van der Waals surface area contributed by atoms with Gasteiger partial charge in [-0.15, -0.1) is 0 Å². The van der Waals surface area contributed by atoms with Gasteiger partial charge in [-0.3, -0.25) is 14.4 Å². The molecule has 0 fully saturated rings. The van der Waals surface area contributed by atoms with Gasteiger partial charge in [-0.05, 0) is 31.0 Å². The molecule has 218 valence electrons. The molecule has 3 aromatic rings. The van der Waals surface area contributed by atoms with Crippen LogP contribution in [0.4, 0.5) is 4.39 Å². The van der Waals surface area contributed by atoms with Crippen molar-refractivity contribution in [3.05, 3.63) is 82.9 Å². The standard InChI is InChI=1S/C30H31ClFNO8/c1-5-20(13-25(35)27-29(39-17-38-19(3)34)26(37-4)11-12-33-27)30(36)40-18(2)28(21-9-7-6-8-10-21)41-24-15-22(31)14-23(32)16-24/h6-12,14-16,18,20,28H,5,13,17H2,1-4H3/t18-,20+,28-/m0/s1. The van der Waals surface area contributed by atoms with Crippen LogP contribution in [0.5, 0.6) is 17.2 Å². The van der Waals surface area contributed by atoms with Gasteiger partial charge in [0.1, 0.15) is 17.7 Å². The maximum atomic E-state index is 14.0. The lowest BCUT2D eigenvalue weighted by Gasteiger charge is -2.27. The Morgan fingerprint density at radius 1 is 1.07 bits per heavy atom. The van der Waals surface area contributed by atoms with Crippen molar-refractivity contribution in [3.8, 4) is 17.2 Å². The van der Waals surface area contributed by atoms with Gasteiger partial charge in [-0.1, -0.05) is 48.9 Å². The summed E-state index contributed by atoms with van der Waals surface area (Å²) >= 11 is 5.99. The first-order valence-electron chi connectivity index (χ1n) is 12.8. The first kappa shape index (κ1) is 31.3. The maximum Gasteiger partial charge on any atom is 0.309 e. The van der Waals surface area contributed by atoms with Crippen LogP contribution in [-0.2, 0) is 19.1 Å².